The van der Waals surface area contributed by atoms with Gasteiger partial charge in [-0.15, -0.1) is 0 Å². The van der Waals surface area contributed by atoms with E-state index in [0.29, 0.717) is 18.6 Å². The molecule has 1 aliphatic rings. The number of hydrogen-bond acceptors (Lipinski definition) is 5. The number of esters is 1. The summed E-state index contributed by atoms with van der Waals surface area (Å²) in [5, 5.41) is 3.39. The second kappa shape index (κ2) is 9.28. The smallest absolute Gasteiger partial charge is 0.302 e. The van der Waals surface area contributed by atoms with Crippen molar-refractivity contribution in [3.8, 4) is 0 Å². The van der Waals surface area contributed by atoms with Crippen molar-refractivity contribution < 1.29 is 19.0 Å². The Hall–Kier alpha value is -0.650. The molecular weight excluding hydrogens is 246 g/mol. The molecule has 0 radical (unpaired) electrons. The Morgan fingerprint density at radius 2 is 2.26 bits per heavy atom. The van der Waals surface area contributed by atoms with E-state index in [1.54, 1.807) is 7.11 Å². The van der Waals surface area contributed by atoms with Gasteiger partial charge in [0.1, 0.15) is 12.9 Å². The second-order valence-corrected chi connectivity index (χ2v) is 5.24. The molecule has 0 aromatic heterocycles. The van der Waals surface area contributed by atoms with Crippen molar-refractivity contribution in [3.05, 3.63) is 0 Å². The van der Waals surface area contributed by atoms with Gasteiger partial charge in [-0.3, -0.25) is 4.79 Å². The van der Waals surface area contributed by atoms with E-state index in [9.17, 15) is 4.79 Å². The lowest BCUT2D eigenvalue weighted by Crippen LogP contribution is -2.45. The fourth-order valence-electron chi connectivity index (χ4n) is 2.65. The van der Waals surface area contributed by atoms with Crippen molar-refractivity contribution in [2.75, 3.05) is 33.6 Å². The molecule has 0 amide bonds. The van der Waals surface area contributed by atoms with Crippen LogP contribution in [0.4, 0.5) is 0 Å². The summed E-state index contributed by atoms with van der Waals surface area (Å²) in [6.07, 6.45) is 3.06. The van der Waals surface area contributed by atoms with Crippen LogP contribution in [0.2, 0.25) is 0 Å². The van der Waals surface area contributed by atoms with E-state index in [4.69, 9.17) is 14.2 Å². The first kappa shape index (κ1) is 16.4. The Kier molecular flexibility index (Phi) is 8.02. The van der Waals surface area contributed by atoms with E-state index in [-0.39, 0.29) is 12.1 Å². The van der Waals surface area contributed by atoms with Crippen molar-refractivity contribution in [1.29, 1.82) is 0 Å². The molecule has 3 unspecified atom stereocenters. The molecule has 1 heterocycles. The predicted molar refractivity (Wildman–Crippen MR) is 72.8 cm³/mol. The molecule has 1 saturated heterocycles. The molecule has 0 bridgehead atoms. The van der Waals surface area contributed by atoms with Gasteiger partial charge >= 0.3 is 5.97 Å². The summed E-state index contributed by atoms with van der Waals surface area (Å²) < 4.78 is 15.6. The Labute approximate surface area is 116 Å². The lowest BCUT2D eigenvalue weighted by atomic mass is 9.82. The summed E-state index contributed by atoms with van der Waals surface area (Å²) in [5.41, 5.74) is 0. The van der Waals surface area contributed by atoms with Crippen LogP contribution >= 0.6 is 0 Å². The van der Waals surface area contributed by atoms with Crippen LogP contribution in [0.25, 0.3) is 0 Å². The van der Waals surface area contributed by atoms with Crippen LogP contribution in [0.1, 0.15) is 33.1 Å². The average molecular weight is 273 g/mol. The van der Waals surface area contributed by atoms with Gasteiger partial charge in [0.2, 0.25) is 0 Å². The summed E-state index contributed by atoms with van der Waals surface area (Å²) in [6.45, 7) is 6.65. The lowest BCUT2D eigenvalue weighted by molar-refractivity contribution is -0.151. The molecule has 0 saturated carbocycles. The van der Waals surface area contributed by atoms with Gasteiger partial charge in [0.05, 0.1) is 0 Å². The van der Waals surface area contributed by atoms with Crippen LogP contribution in [0.15, 0.2) is 0 Å². The van der Waals surface area contributed by atoms with Gasteiger partial charge in [-0.2, -0.15) is 0 Å². The minimum Gasteiger partial charge on any atom is -0.462 e. The maximum atomic E-state index is 11.1. The SMILES string of the molecule is COCOCCCC(C)C1CNCCC1OC(C)=O. The Balaban J connectivity index is 2.30. The van der Waals surface area contributed by atoms with Gasteiger partial charge in [-0.1, -0.05) is 6.92 Å². The molecule has 1 N–H and O–H groups in total. The lowest BCUT2D eigenvalue weighted by Gasteiger charge is -2.35. The zero-order chi connectivity index (χ0) is 14.1. The van der Waals surface area contributed by atoms with E-state index in [0.717, 1.165) is 39.0 Å². The molecule has 5 heteroatoms. The van der Waals surface area contributed by atoms with Gasteiger partial charge in [0.15, 0.2) is 0 Å². The summed E-state index contributed by atoms with van der Waals surface area (Å²) in [7, 11) is 1.63. The van der Waals surface area contributed by atoms with Gasteiger partial charge in [-0.25, -0.2) is 0 Å². The molecule has 1 fully saturated rings. The number of carbonyl (C=O) groups excluding carboxylic acids is 1. The maximum Gasteiger partial charge on any atom is 0.302 e. The monoisotopic (exact) mass is 273 g/mol. The number of rotatable bonds is 8. The number of hydrogen-bond donors (Lipinski definition) is 1. The standard InChI is InChI=1S/C14H27NO4/c1-11(5-4-8-18-10-17-3)13-9-15-7-6-14(13)19-12(2)16/h11,13-15H,4-10H2,1-3H3. The zero-order valence-electron chi connectivity index (χ0n) is 12.3. The molecule has 1 rings (SSSR count). The highest BCUT2D eigenvalue weighted by atomic mass is 16.7. The first-order chi connectivity index (χ1) is 9.15. The van der Waals surface area contributed by atoms with Crippen LogP contribution in [-0.2, 0) is 19.0 Å². The fourth-order valence-corrected chi connectivity index (χ4v) is 2.65. The number of nitrogens with one attached hydrogen (secondary N) is 1. The van der Waals surface area contributed by atoms with E-state index in [1.165, 1.54) is 6.92 Å². The quantitative estimate of drug-likeness (QED) is 0.413. The largest absolute Gasteiger partial charge is 0.462 e. The van der Waals surface area contributed by atoms with E-state index >= 15 is 0 Å². The molecule has 3 atom stereocenters. The number of methoxy groups -OCH3 is 1. The van der Waals surface area contributed by atoms with Gasteiger partial charge in [-0.05, 0) is 31.7 Å². The van der Waals surface area contributed by atoms with Gasteiger partial charge in [0, 0.05) is 33.1 Å². The van der Waals surface area contributed by atoms with Crippen molar-refractivity contribution in [2.45, 2.75) is 39.2 Å². The van der Waals surface area contributed by atoms with E-state index in [2.05, 4.69) is 12.2 Å². The summed E-state index contributed by atoms with van der Waals surface area (Å²) in [4.78, 5) is 11.1. The summed E-state index contributed by atoms with van der Waals surface area (Å²) >= 11 is 0. The molecule has 112 valence electrons. The molecule has 0 aromatic rings. The zero-order valence-corrected chi connectivity index (χ0v) is 12.3. The number of carbonyl (C=O) groups is 1. The molecular formula is C14H27NO4. The first-order valence-electron chi connectivity index (χ1n) is 7.09. The molecule has 1 aliphatic heterocycles. The molecule has 5 nitrogen and oxygen atoms in total. The van der Waals surface area contributed by atoms with Crippen molar-refractivity contribution in [1.82, 2.24) is 5.32 Å². The van der Waals surface area contributed by atoms with Crippen LogP contribution in [-0.4, -0.2) is 45.7 Å². The first-order valence-corrected chi connectivity index (χ1v) is 7.09. The van der Waals surface area contributed by atoms with Crippen molar-refractivity contribution >= 4 is 5.97 Å². The van der Waals surface area contributed by atoms with Crippen LogP contribution < -0.4 is 5.32 Å². The summed E-state index contributed by atoms with van der Waals surface area (Å²) in [6, 6.07) is 0. The normalized spacial score (nSPS) is 25.0. The fraction of sp³-hybridized carbons (Fsp3) is 0.929. The van der Waals surface area contributed by atoms with Crippen LogP contribution in [0.3, 0.4) is 0 Å². The number of ether oxygens (including phenoxy) is 3. The van der Waals surface area contributed by atoms with Crippen LogP contribution in [0.5, 0.6) is 0 Å². The predicted octanol–water partition coefficient (Wildman–Crippen LogP) is 1.56. The second-order valence-electron chi connectivity index (χ2n) is 5.24. The Morgan fingerprint density at radius 1 is 1.47 bits per heavy atom. The highest BCUT2D eigenvalue weighted by Gasteiger charge is 2.31. The molecule has 0 aromatic carbocycles. The highest BCUT2D eigenvalue weighted by Crippen LogP contribution is 2.26. The third-order valence-corrected chi connectivity index (χ3v) is 3.66. The van der Waals surface area contributed by atoms with Crippen LogP contribution in [0, 0.1) is 11.8 Å². The van der Waals surface area contributed by atoms with E-state index in [1.807, 2.05) is 0 Å². The Morgan fingerprint density at radius 3 is 2.95 bits per heavy atom. The maximum absolute atomic E-state index is 11.1. The third-order valence-electron chi connectivity index (χ3n) is 3.66. The van der Waals surface area contributed by atoms with E-state index < -0.39 is 0 Å². The molecule has 0 aliphatic carbocycles. The topological polar surface area (TPSA) is 56.8 Å². The molecule has 0 spiro atoms. The Bertz CT molecular complexity index is 260. The summed E-state index contributed by atoms with van der Waals surface area (Å²) in [5.74, 6) is 0.746. The minimum atomic E-state index is -0.174. The van der Waals surface area contributed by atoms with Gasteiger partial charge < -0.3 is 19.5 Å². The minimum absolute atomic E-state index is 0.0636. The van der Waals surface area contributed by atoms with Crippen molar-refractivity contribution in [3.63, 3.8) is 0 Å². The average Bonchev–Trinajstić information content (AvgIpc) is 2.38. The third kappa shape index (κ3) is 6.36. The highest BCUT2D eigenvalue weighted by molar-refractivity contribution is 5.66. The van der Waals surface area contributed by atoms with Gasteiger partial charge in [0.25, 0.3) is 0 Å². The molecule has 19 heavy (non-hydrogen) atoms. The van der Waals surface area contributed by atoms with Crippen molar-refractivity contribution in [2.24, 2.45) is 11.8 Å². The number of piperidine rings is 1.